The number of nitrogens with one attached hydrogen (secondary N) is 1. The highest BCUT2D eigenvalue weighted by molar-refractivity contribution is 7.87. The Morgan fingerprint density at radius 3 is 2.39 bits per heavy atom. The van der Waals surface area contributed by atoms with Crippen molar-refractivity contribution in [2.24, 2.45) is 5.92 Å². The lowest BCUT2D eigenvalue weighted by molar-refractivity contribution is -0.139. The fourth-order valence-electron chi connectivity index (χ4n) is 3.52. The van der Waals surface area contributed by atoms with Gasteiger partial charge in [-0.2, -0.15) is 17.4 Å². The van der Waals surface area contributed by atoms with Crippen LogP contribution in [0.3, 0.4) is 0 Å². The number of carboxylic acids is 1. The molecule has 0 spiro atoms. The van der Waals surface area contributed by atoms with E-state index in [1.807, 2.05) is 4.90 Å². The quantitative estimate of drug-likeness (QED) is 0.674. The molecular formula is C15H27N3O4S. The monoisotopic (exact) mass is 345 g/mol. The van der Waals surface area contributed by atoms with Gasteiger partial charge in [-0.3, -0.25) is 9.69 Å². The average Bonchev–Trinajstić information content (AvgIpc) is 3.26. The molecule has 132 valence electrons. The summed E-state index contributed by atoms with van der Waals surface area (Å²) in [5, 5.41) is 9.05. The normalized spacial score (nSPS) is 29.4. The third-order valence-corrected chi connectivity index (χ3v) is 6.80. The number of piperidine rings is 1. The highest BCUT2D eigenvalue weighted by atomic mass is 32.2. The first kappa shape index (κ1) is 17.1. The van der Waals surface area contributed by atoms with Gasteiger partial charge in [0.2, 0.25) is 0 Å². The van der Waals surface area contributed by atoms with Crippen LogP contribution in [0, 0.1) is 5.92 Å². The lowest BCUT2D eigenvalue weighted by Crippen LogP contribution is -2.57. The average molecular weight is 345 g/mol. The summed E-state index contributed by atoms with van der Waals surface area (Å²) < 4.78 is 29.0. The Morgan fingerprint density at radius 2 is 1.83 bits per heavy atom. The minimum absolute atomic E-state index is 0.0533. The molecule has 8 heteroatoms. The van der Waals surface area contributed by atoms with Crippen LogP contribution in [0.2, 0.25) is 0 Å². The molecule has 3 rings (SSSR count). The molecule has 0 amide bonds. The summed E-state index contributed by atoms with van der Waals surface area (Å²) >= 11 is 0. The Bertz CT molecular complexity index is 523. The lowest BCUT2D eigenvalue weighted by atomic mass is 9.86. The van der Waals surface area contributed by atoms with Gasteiger partial charge in [0.15, 0.2) is 0 Å². The fraction of sp³-hybridized carbons (Fsp3) is 0.933. The first-order valence-corrected chi connectivity index (χ1v) is 10.1. The smallest absolute Gasteiger partial charge is 0.317 e. The molecule has 2 N–H and O–H groups in total. The topological polar surface area (TPSA) is 90.0 Å². The second kappa shape index (κ2) is 7.04. The van der Waals surface area contributed by atoms with Gasteiger partial charge >= 0.3 is 5.97 Å². The van der Waals surface area contributed by atoms with Crippen molar-refractivity contribution >= 4 is 16.2 Å². The van der Waals surface area contributed by atoms with Crippen LogP contribution in [-0.2, 0) is 15.0 Å². The van der Waals surface area contributed by atoms with E-state index in [0.29, 0.717) is 31.8 Å². The number of carbonyl (C=O) groups is 1. The van der Waals surface area contributed by atoms with Gasteiger partial charge in [-0.15, -0.1) is 0 Å². The lowest BCUT2D eigenvalue weighted by Gasteiger charge is -2.43. The van der Waals surface area contributed by atoms with E-state index in [4.69, 9.17) is 5.11 Å². The second-order valence-corrected chi connectivity index (χ2v) is 8.87. The number of hydrogen-bond donors (Lipinski definition) is 2. The van der Waals surface area contributed by atoms with Gasteiger partial charge in [0.1, 0.15) is 0 Å². The predicted molar refractivity (Wildman–Crippen MR) is 86.2 cm³/mol. The zero-order valence-electron chi connectivity index (χ0n) is 13.5. The van der Waals surface area contributed by atoms with Gasteiger partial charge in [0.25, 0.3) is 10.2 Å². The number of nitrogens with zero attached hydrogens (tertiary/aromatic N) is 2. The number of hydrogen-bond acceptors (Lipinski definition) is 4. The van der Waals surface area contributed by atoms with Crippen molar-refractivity contribution in [3.05, 3.63) is 0 Å². The van der Waals surface area contributed by atoms with E-state index in [0.717, 1.165) is 25.8 Å². The van der Waals surface area contributed by atoms with Crippen molar-refractivity contribution in [2.75, 3.05) is 26.2 Å². The number of rotatable bonds is 8. The standard InChI is InChI=1S/C15H27N3O4S/c19-15(20)11-17(10-12-4-5-12)14-8-13(9-14)16-23(21,22)18-6-2-1-3-7-18/h12-14,16H,1-11H2,(H,19,20). The Balaban J connectivity index is 1.47. The van der Waals surface area contributed by atoms with Crippen LogP contribution in [0.1, 0.15) is 44.9 Å². The fourth-order valence-corrected chi connectivity index (χ4v) is 5.02. The summed E-state index contributed by atoms with van der Waals surface area (Å²) in [5.41, 5.74) is 0. The van der Waals surface area contributed by atoms with Gasteiger partial charge in [0, 0.05) is 31.7 Å². The van der Waals surface area contributed by atoms with Crippen LogP contribution >= 0.6 is 0 Å². The van der Waals surface area contributed by atoms with Crippen LogP contribution < -0.4 is 4.72 Å². The molecule has 0 bridgehead atoms. The molecule has 3 fully saturated rings. The Hall–Kier alpha value is -0.700. The van der Waals surface area contributed by atoms with Crippen molar-refractivity contribution in [3.63, 3.8) is 0 Å². The highest BCUT2D eigenvalue weighted by Crippen LogP contribution is 2.34. The maximum absolute atomic E-state index is 12.3. The zero-order valence-corrected chi connectivity index (χ0v) is 14.3. The van der Waals surface area contributed by atoms with Crippen LogP contribution in [0.4, 0.5) is 0 Å². The van der Waals surface area contributed by atoms with Crippen molar-refractivity contribution in [3.8, 4) is 0 Å². The van der Waals surface area contributed by atoms with Crippen molar-refractivity contribution in [2.45, 2.75) is 57.0 Å². The van der Waals surface area contributed by atoms with Crippen molar-refractivity contribution in [1.82, 2.24) is 13.9 Å². The summed E-state index contributed by atoms with van der Waals surface area (Å²) in [4.78, 5) is 13.0. The van der Waals surface area contributed by atoms with E-state index in [9.17, 15) is 13.2 Å². The van der Waals surface area contributed by atoms with E-state index < -0.39 is 16.2 Å². The Labute approximate surface area is 138 Å². The third kappa shape index (κ3) is 4.65. The summed E-state index contributed by atoms with van der Waals surface area (Å²) in [6.07, 6.45) is 6.77. The van der Waals surface area contributed by atoms with Gasteiger partial charge in [-0.25, -0.2) is 0 Å². The number of aliphatic carboxylic acids is 1. The predicted octanol–water partition coefficient (Wildman–Crippen LogP) is 0.634. The molecule has 0 aromatic heterocycles. The zero-order chi connectivity index (χ0) is 16.4. The van der Waals surface area contributed by atoms with E-state index in [-0.39, 0.29) is 18.6 Å². The van der Waals surface area contributed by atoms with Gasteiger partial charge < -0.3 is 5.11 Å². The molecule has 23 heavy (non-hydrogen) atoms. The van der Waals surface area contributed by atoms with Crippen LogP contribution in [0.15, 0.2) is 0 Å². The van der Waals surface area contributed by atoms with Gasteiger partial charge in [-0.05, 0) is 44.4 Å². The molecule has 1 heterocycles. The van der Waals surface area contributed by atoms with Gasteiger partial charge in [-0.1, -0.05) is 6.42 Å². The molecule has 0 atom stereocenters. The molecule has 0 aromatic rings. The van der Waals surface area contributed by atoms with Crippen molar-refractivity contribution in [1.29, 1.82) is 0 Å². The molecule has 0 aromatic carbocycles. The Morgan fingerprint density at radius 1 is 1.17 bits per heavy atom. The second-order valence-electron chi connectivity index (χ2n) is 7.17. The summed E-state index contributed by atoms with van der Waals surface area (Å²) in [5.74, 6) is -0.165. The number of carboxylic acid groups (broad SMARTS) is 1. The molecule has 2 aliphatic carbocycles. The van der Waals surface area contributed by atoms with E-state index in [1.165, 1.54) is 12.8 Å². The third-order valence-electron chi connectivity index (χ3n) is 5.13. The molecule has 3 aliphatic rings. The Kier molecular flexibility index (Phi) is 5.25. The molecule has 0 radical (unpaired) electrons. The first-order valence-electron chi connectivity index (χ1n) is 8.67. The van der Waals surface area contributed by atoms with Crippen molar-refractivity contribution < 1.29 is 18.3 Å². The largest absolute Gasteiger partial charge is 0.480 e. The molecule has 2 saturated carbocycles. The molecule has 7 nitrogen and oxygen atoms in total. The van der Waals surface area contributed by atoms with Gasteiger partial charge in [0.05, 0.1) is 6.54 Å². The SMILES string of the molecule is O=C(O)CN(CC1CC1)C1CC(NS(=O)(=O)N2CCCCC2)C1. The summed E-state index contributed by atoms with van der Waals surface area (Å²) in [6, 6.07) is 0.142. The van der Waals surface area contributed by atoms with Crippen LogP contribution in [-0.4, -0.2) is 67.0 Å². The maximum Gasteiger partial charge on any atom is 0.317 e. The first-order chi connectivity index (χ1) is 10.9. The van der Waals surface area contributed by atoms with E-state index in [2.05, 4.69) is 4.72 Å². The van der Waals surface area contributed by atoms with E-state index >= 15 is 0 Å². The molecule has 1 aliphatic heterocycles. The minimum atomic E-state index is -3.38. The van der Waals surface area contributed by atoms with Crippen LogP contribution in [0.5, 0.6) is 0 Å². The molecule has 0 unspecified atom stereocenters. The molecule has 1 saturated heterocycles. The maximum atomic E-state index is 12.3. The molecular weight excluding hydrogens is 318 g/mol. The minimum Gasteiger partial charge on any atom is -0.480 e. The summed E-state index contributed by atoms with van der Waals surface area (Å²) in [6.45, 7) is 2.12. The van der Waals surface area contributed by atoms with E-state index in [1.54, 1.807) is 4.31 Å². The summed E-state index contributed by atoms with van der Waals surface area (Å²) in [7, 11) is -3.38. The highest BCUT2D eigenvalue weighted by Gasteiger charge is 2.39. The van der Waals surface area contributed by atoms with Crippen LogP contribution in [0.25, 0.3) is 0 Å².